The molecule has 1 unspecified atom stereocenters. The number of pyridine rings is 1. The van der Waals surface area contributed by atoms with Gasteiger partial charge in [-0.1, -0.05) is 41.1 Å². The maximum absolute atomic E-state index is 13.6. The van der Waals surface area contributed by atoms with Crippen LogP contribution in [-0.4, -0.2) is 41.9 Å². The fourth-order valence-electron chi connectivity index (χ4n) is 4.24. The van der Waals surface area contributed by atoms with Crippen molar-refractivity contribution in [1.82, 2.24) is 19.8 Å². The lowest BCUT2D eigenvalue weighted by Crippen LogP contribution is -2.45. The lowest BCUT2D eigenvalue weighted by molar-refractivity contribution is -0.126. The molecule has 1 aliphatic rings. The lowest BCUT2D eigenvalue weighted by atomic mass is 9.99. The van der Waals surface area contributed by atoms with E-state index < -0.39 is 15.9 Å². The Morgan fingerprint density at radius 3 is 2.83 bits per heavy atom. The number of amides is 1. The number of hydrogen-bond acceptors (Lipinski definition) is 6. The highest BCUT2D eigenvalue weighted by Crippen LogP contribution is 2.29. The van der Waals surface area contributed by atoms with E-state index in [0.29, 0.717) is 31.6 Å². The number of piperidine rings is 1. The van der Waals surface area contributed by atoms with Crippen LogP contribution in [0, 0.1) is 26.7 Å². The van der Waals surface area contributed by atoms with E-state index in [1.807, 2.05) is 50.3 Å². The number of benzene rings is 1. The Hall–Kier alpha value is -3.30. The third-order valence-corrected chi connectivity index (χ3v) is 8.25. The summed E-state index contributed by atoms with van der Waals surface area (Å²) in [5.74, 6) is -0.401. The smallest absolute Gasteiger partial charge is 0.248 e. The van der Waals surface area contributed by atoms with E-state index in [0.717, 1.165) is 22.3 Å². The summed E-state index contributed by atoms with van der Waals surface area (Å²) >= 11 is 0. The molecule has 0 spiro atoms. The van der Waals surface area contributed by atoms with E-state index in [1.54, 1.807) is 25.4 Å². The summed E-state index contributed by atoms with van der Waals surface area (Å²) in [5, 5.41) is 6.83. The van der Waals surface area contributed by atoms with Crippen LogP contribution in [-0.2, 0) is 21.4 Å². The van der Waals surface area contributed by atoms with Gasteiger partial charge in [-0.05, 0) is 62.4 Å². The van der Waals surface area contributed by atoms with E-state index in [4.69, 9.17) is 4.52 Å². The van der Waals surface area contributed by atoms with Gasteiger partial charge in [0.25, 0.3) is 0 Å². The topological polar surface area (TPSA) is 105 Å². The monoisotopic (exact) mass is 494 g/mol. The molecule has 9 heteroatoms. The van der Waals surface area contributed by atoms with Crippen LogP contribution in [0.3, 0.4) is 0 Å². The zero-order chi connectivity index (χ0) is 25.0. The van der Waals surface area contributed by atoms with E-state index in [1.165, 1.54) is 4.31 Å². The van der Waals surface area contributed by atoms with E-state index in [9.17, 15) is 13.2 Å². The van der Waals surface area contributed by atoms with Crippen molar-refractivity contribution < 1.29 is 17.7 Å². The number of nitrogens with zero attached hydrogens (tertiary/aromatic N) is 3. The average molecular weight is 495 g/mol. The van der Waals surface area contributed by atoms with Gasteiger partial charge in [-0.15, -0.1) is 0 Å². The molecule has 8 nitrogen and oxygen atoms in total. The average Bonchev–Trinajstić information content (AvgIpc) is 3.24. The predicted octanol–water partition coefficient (Wildman–Crippen LogP) is 3.88. The summed E-state index contributed by atoms with van der Waals surface area (Å²) in [6.45, 7) is 6.44. The summed E-state index contributed by atoms with van der Waals surface area (Å²) in [6, 6.07) is 9.77. The minimum Gasteiger partial charge on any atom is -0.355 e. The van der Waals surface area contributed by atoms with Crippen molar-refractivity contribution in [1.29, 1.82) is 0 Å². The van der Waals surface area contributed by atoms with Gasteiger partial charge in [-0.25, -0.2) is 8.42 Å². The molecule has 4 rings (SSSR count). The van der Waals surface area contributed by atoms with Gasteiger partial charge < -0.3 is 9.84 Å². The normalized spacial score (nSPS) is 17.1. The molecule has 3 aromatic rings. The lowest BCUT2D eigenvalue weighted by Gasteiger charge is -2.31. The Morgan fingerprint density at radius 2 is 2.06 bits per heavy atom. The van der Waals surface area contributed by atoms with Gasteiger partial charge in [0.15, 0.2) is 10.7 Å². The number of nitrogens with one attached hydrogen (secondary N) is 1. The molecular formula is C26H30N4O4S. The first-order valence-electron chi connectivity index (χ1n) is 11.6. The molecule has 1 N–H and O–H groups in total. The van der Waals surface area contributed by atoms with Gasteiger partial charge in [0.2, 0.25) is 15.9 Å². The van der Waals surface area contributed by atoms with Crippen molar-refractivity contribution >= 4 is 28.1 Å². The van der Waals surface area contributed by atoms with Gasteiger partial charge in [0.05, 0.1) is 5.92 Å². The third-order valence-electron chi connectivity index (χ3n) is 6.22. The van der Waals surface area contributed by atoms with Crippen molar-refractivity contribution in [2.75, 3.05) is 13.1 Å². The standard InChI is InChI=1S/C26H30N4O4S/c1-18-8-9-19(2)22(14-18)10-11-24-25(20(3)29-34-24)35(32,33)30-13-5-7-23(17-30)26(31)28-16-21-6-4-12-27-15-21/h4,6,8-12,14-15,23H,5,7,13,16-17H2,1-3H3,(H,28,31). The molecule has 0 aliphatic carbocycles. The predicted molar refractivity (Wildman–Crippen MR) is 134 cm³/mol. The molecule has 3 heterocycles. The fraction of sp³-hybridized carbons (Fsp3) is 0.346. The molecule has 184 valence electrons. The summed E-state index contributed by atoms with van der Waals surface area (Å²) in [5.41, 5.74) is 4.35. The molecule has 1 amide bonds. The molecular weight excluding hydrogens is 464 g/mol. The maximum Gasteiger partial charge on any atom is 0.248 e. The zero-order valence-electron chi connectivity index (χ0n) is 20.2. The zero-order valence-corrected chi connectivity index (χ0v) is 21.0. The maximum atomic E-state index is 13.6. The van der Waals surface area contributed by atoms with Gasteiger partial charge >= 0.3 is 0 Å². The minimum absolute atomic E-state index is 0.0514. The van der Waals surface area contributed by atoms with Crippen LogP contribution in [0.1, 0.15) is 46.5 Å². The highest BCUT2D eigenvalue weighted by molar-refractivity contribution is 7.89. The number of carbonyl (C=O) groups excluding carboxylic acids is 1. The van der Waals surface area contributed by atoms with Crippen LogP contribution in [0.5, 0.6) is 0 Å². The Balaban J connectivity index is 1.51. The van der Waals surface area contributed by atoms with Crippen LogP contribution in [0.2, 0.25) is 0 Å². The second-order valence-electron chi connectivity index (χ2n) is 8.94. The molecule has 2 aromatic heterocycles. The van der Waals surface area contributed by atoms with E-state index in [-0.39, 0.29) is 23.1 Å². The number of hydrogen-bond donors (Lipinski definition) is 1. The first-order chi connectivity index (χ1) is 16.8. The molecule has 1 aliphatic heterocycles. The molecule has 1 aromatic carbocycles. The molecule has 0 saturated carbocycles. The number of aromatic nitrogens is 2. The minimum atomic E-state index is -3.90. The Bertz CT molecular complexity index is 1330. The highest BCUT2D eigenvalue weighted by Gasteiger charge is 2.36. The Kier molecular flexibility index (Phi) is 7.47. The second-order valence-corrected chi connectivity index (χ2v) is 10.8. The summed E-state index contributed by atoms with van der Waals surface area (Å²) < 4.78 is 34.0. The Morgan fingerprint density at radius 1 is 1.23 bits per heavy atom. The highest BCUT2D eigenvalue weighted by atomic mass is 32.2. The van der Waals surface area contributed by atoms with Crippen molar-refractivity contribution in [3.63, 3.8) is 0 Å². The van der Waals surface area contributed by atoms with Crippen LogP contribution in [0.15, 0.2) is 52.1 Å². The number of carbonyl (C=O) groups is 1. The third kappa shape index (κ3) is 5.68. The molecule has 1 saturated heterocycles. The van der Waals surface area contributed by atoms with Crippen LogP contribution >= 0.6 is 0 Å². The molecule has 1 fully saturated rings. The van der Waals surface area contributed by atoms with Crippen molar-refractivity contribution in [3.8, 4) is 0 Å². The second kappa shape index (κ2) is 10.5. The fourth-order valence-corrected chi connectivity index (χ4v) is 6.02. The quantitative estimate of drug-likeness (QED) is 0.534. The van der Waals surface area contributed by atoms with Crippen molar-refractivity contribution in [2.24, 2.45) is 5.92 Å². The van der Waals surface area contributed by atoms with Crippen molar-refractivity contribution in [2.45, 2.75) is 45.1 Å². The summed E-state index contributed by atoms with van der Waals surface area (Å²) in [4.78, 5) is 16.9. The molecule has 1 atom stereocenters. The molecule has 0 bridgehead atoms. The number of rotatable bonds is 7. The van der Waals surface area contributed by atoms with E-state index >= 15 is 0 Å². The van der Waals surface area contributed by atoms with Gasteiger partial charge in [-0.2, -0.15) is 4.31 Å². The first kappa shape index (κ1) is 24.8. The van der Waals surface area contributed by atoms with Crippen LogP contribution in [0.4, 0.5) is 0 Å². The Labute approximate surface area is 206 Å². The molecule has 0 radical (unpaired) electrons. The largest absolute Gasteiger partial charge is 0.355 e. The first-order valence-corrected chi connectivity index (χ1v) is 13.1. The van der Waals surface area contributed by atoms with Crippen LogP contribution in [0.25, 0.3) is 12.2 Å². The number of sulfonamides is 1. The van der Waals surface area contributed by atoms with Crippen molar-refractivity contribution in [3.05, 3.63) is 76.4 Å². The SMILES string of the molecule is Cc1ccc(C)c(C=Cc2onc(C)c2S(=O)(=O)N2CCCC(C(=O)NCc3cccnc3)C2)c1. The number of aryl methyl sites for hydroxylation is 3. The van der Waals surface area contributed by atoms with E-state index in [2.05, 4.69) is 15.5 Å². The summed E-state index contributed by atoms with van der Waals surface area (Å²) in [7, 11) is -3.90. The van der Waals surface area contributed by atoms with Gasteiger partial charge in [0.1, 0.15) is 5.69 Å². The van der Waals surface area contributed by atoms with Gasteiger partial charge in [0, 0.05) is 32.0 Å². The molecule has 35 heavy (non-hydrogen) atoms. The van der Waals surface area contributed by atoms with Gasteiger partial charge in [-0.3, -0.25) is 9.78 Å². The van der Waals surface area contributed by atoms with Crippen LogP contribution < -0.4 is 5.32 Å². The summed E-state index contributed by atoms with van der Waals surface area (Å²) in [6.07, 6.45) is 8.09.